The van der Waals surface area contributed by atoms with Crippen LogP contribution in [0.2, 0.25) is 0 Å². The third-order valence-corrected chi connectivity index (χ3v) is 3.68. The Morgan fingerprint density at radius 2 is 1.90 bits per heavy atom. The van der Waals surface area contributed by atoms with Crippen molar-refractivity contribution in [1.29, 1.82) is 0 Å². The van der Waals surface area contributed by atoms with Crippen LogP contribution in [-0.4, -0.2) is 36.0 Å². The Labute approximate surface area is 122 Å². The van der Waals surface area contributed by atoms with Crippen molar-refractivity contribution in [3.8, 4) is 0 Å². The van der Waals surface area contributed by atoms with Crippen molar-refractivity contribution < 1.29 is 14.3 Å². The Balaban J connectivity index is 2.21. The minimum atomic E-state index is -0.259. The van der Waals surface area contributed by atoms with E-state index in [0.717, 1.165) is 13.0 Å². The number of unbranched alkanes of at least 4 members (excludes halogenated alkanes) is 5. The molecule has 4 nitrogen and oxygen atoms in total. The van der Waals surface area contributed by atoms with Crippen LogP contribution in [0.15, 0.2) is 0 Å². The van der Waals surface area contributed by atoms with Gasteiger partial charge in [-0.3, -0.25) is 9.59 Å². The van der Waals surface area contributed by atoms with Gasteiger partial charge >= 0.3 is 5.97 Å². The molecule has 116 valence electrons. The van der Waals surface area contributed by atoms with E-state index in [1.165, 1.54) is 32.1 Å². The summed E-state index contributed by atoms with van der Waals surface area (Å²) in [5.41, 5.74) is 0. The molecule has 1 aliphatic heterocycles. The summed E-state index contributed by atoms with van der Waals surface area (Å²) in [6.07, 6.45) is 7.51. The van der Waals surface area contributed by atoms with E-state index in [1.807, 2.05) is 18.7 Å². The van der Waals surface area contributed by atoms with E-state index >= 15 is 0 Å². The van der Waals surface area contributed by atoms with E-state index in [9.17, 15) is 9.59 Å². The van der Waals surface area contributed by atoms with Crippen molar-refractivity contribution in [1.82, 2.24) is 4.90 Å². The molecule has 1 fully saturated rings. The van der Waals surface area contributed by atoms with Gasteiger partial charge in [0.05, 0.1) is 12.0 Å². The predicted molar refractivity (Wildman–Crippen MR) is 79.3 cm³/mol. The standard InChI is InChI=1S/C16H29NO3/c1-4-5-6-7-8-9-10-17-12-14(11-15(17)18)16(19)20-13(2)3/h13-14H,4-12H2,1-3H3. The SMILES string of the molecule is CCCCCCCCN1CC(C(=O)OC(C)C)CC1=O. The van der Waals surface area contributed by atoms with Gasteiger partial charge in [-0.2, -0.15) is 0 Å². The van der Waals surface area contributed by atoms with E-state index in [-0.39, 0.29) is 23.9 Å². The lowest BCUT2D eigenvalue weighted by Gasteiger charge is -2.16. The first kappa shape index (κ1) is 17.0. The molecular formula is C16H29NO3. The summed E-state index contributed by atoms with van der Waals surface area (Å²) in [6, 6.07) is 0. The molecule has 0 spiro atoms. The minimum absolute atomic E-state index is 0.101. The zero-order chi connectivity index (χ0) is 15.0. The lowest BCUT2D eigenvalue weighted by atomic mass is 10.1. The molecule has 0 saturated carbocycles. The third-order valence-electron chi connectivity index (χ3n) is 3.68. The Hall–Kier alpha value is -1.06. The summed E-state index contributed by atoms with van der Waals surface area (Å²) in [4.78, 5) is 25.5. The summed E-state index contributed by atoms with van der Waals surface area (Å²) in [7, 11) is 0. The summed E-state index contributed by atoms with van der Waals surface area (Å²) in [6.45, 7) is 7.21. The maximum absolute atomic E-state index is 11.9. The molecule has 0 N–H and O–H groups in total. The number of amides is 1. The van der Waals surface area contributed by atoms with Crippen molar-refractivity contribution in [2.24, 2.45) is 5.92 Å². The number of carbonyl (C=O) groups is 2. The molecule has 1 rings (SSSR count). The van der Waals surface area contributed by atoms with E-state index < -0.39 is 0 Å². The first-order valence-corrected chi connectivity index (χ1v) is 8.02. The van der Waals surface area contributed by atoms with Gasteiger partial charge in [-0.1, -0.05) is 39.0 Å². The second-order valence-electron chi connectivity index (χ2n) is 5.99. The fraction of sp³-hybridized carbons (Fsp3) is 0.875. The average Bonchev–Trinajstić information content (AvgIpc) is 2.75. The molecule has 0 radical (unpaired) electrons. The van der Waals surface area contributed by atoms with Crippen LogP contribution >= 0.6 is 0 Å². The molecule has 1 saturated heterocycles. The number of hydrogen-bond acceptors (Lipinski definition) is 3. The van der Waals surface area contributed by atoms with Crippen LogP contribution < -0.4 is 0 Å². The van der Waals surface area contributed by atoms with E-state index in [2.05, 4.69) is 6.92 Å². The molecule has 1 aliphatic rings. The van der Waals surface area contributed by atoms with Gasteiger partial charge in [0.1, 0.15) is 0 Å². The van der Waals surface area contributed by atoms with Crippen molar-refractivity contribution in [3.05, 3.63) is 0 Å². The summed E-state index contributed by atoms with van der Waals surface area (Å²) in [5.74, 6) is -0.381. The molecule has 20 heavy (non-hydrogen) atoms. The number of ether oxygens (including phenoxy) is 1. The normalized spacial score (nSPS) is 18.9. The molecule has 1 atom stereocenters. The predicted octanol–water partition coefficient (Wildman–Crippen LogP) is 3.15. The maximum Gasteiger partial charge on any atom is 0.311 e. The van der Waals surface area contributed by atoms with E-state index in [1.54, 1.807) is 0 Å². The van der Waals surface area contributed by atoms with E-state index in [0.29, 0.717) is 13.0 Å². The Bertz CT molecular complexity index is 315. The molecule has 1 heterocycles. The van der Waals surface area contributed by atoms with Crippen LogP contribution in [0, 0.1) is 5.92 Å². The fourth-order valence-electron chi connectivity index (χ4n) is 2.56. The highest BCUT2D eigenvalue weighted by Crippen LogP contribution is 2.20. The largest absolute Gasteiger partial charge is 0.463 e. The van der Waals surface area contributed by atoms with Gasteiger partial charge in [0.25, 0.3) is 0 Å². The quantitative estimate of drug-likeness (QED) is 0.482. The first-order chi connectivity index (χ1) is 9.54. The lowest BCUT2D eigenvalue weighted by molar-refractivity contribution is -0.152. The number of hydrogen-bond donors (Lipinski definition) is 0. The molecular weight excluding hydrogens is 254 g/mol. The zero-order valence-electron chi connectivity index (χ0n) is 13.2. The van der Waals surface area contributed by atoms with Gasteiger partial charge in [0, 0.05) is 19.5 Å². The van der Waals surface area contributed by atoms with Crippen molar-refractivity contribution >= 4 is 11.9 Å². The van der Waals surface area contributed by atoms with Gasteiger partial charge in [-0.25, -0.2) is 0 Å². The molecule has 1 unspecified atom stereocenters. The molecule has 0 bridgehead atoms. The van der Waals surface area contributed by atoms with Crippen LogP contribution in [-0.2, 0) is 14.3 Å². The highest BCUT2D eigenvalue weighted by Gasteiger charge is 2.35. The molecule has 0 aliphatic carbocycles. The van der Waals surface area contributed by atoms with E-state index in [4.69, 9.17) is 4.74 Å². The molecule has 0 aromatic rings. The Kier molecular flexibility index (Phi) is 7.63. The summed E-state index contributed by atoms with van der Waals surface area (Å²) in [5, 5.41) is 0. The number of nitrogens with zero attached hydrogens (tertiary/aromatic N) is 1. The van der Waals surface area contributed by atoms with Gasteiger partial charge in [-0.15, -0.1) is 0 Å². The third kappa shape index (κ3) is 5.93. The summed E-state index contributed by atoms with van der Waals surface area (Å²) >= 11 is 0. The lowest BCUT2D eigenvalue weighted by Crippen LogP contribution is -2.28. The van der Waals surface area contributed by atoms with Gasteiger partial charge in [0.2, 0.25) is 5.91 Å². The van der Waals surface area contributed by atoms with Crippen molar-refractivity contribution in [3.63, 3.8) is 0 Å². The Morgan fingerprint density at radius 3 is 2.55 bits per heavy atom. The first-order valence-electron chi connectivity index (χ1n) is 8.02. The smallest absolute Gasteiger partial charge is 0.311 e. The number of carbonyl (C=O) groups excluding carboxylic acids is 2. The molecule has 1 amide bonds. The van der Waals surface area contributed by atoms with Crippen LogP contribution in [0.5, 0.6) is 0 Å². The maximum atomic E-state index is 11.9. The number of rotatable bonds is 9. The van der Waals surface area contributed by atoms with Crippen LogP contribution in [0.4, 0.5) is 0 Å². The highest BCUT2D eigenvalue weighted by atomic mass is 16.5. The van der Waals surface area contributed by atoms with Crippen LogP contribution in [0.1, 0.15) is 65.7 Å². The average molecular weight is 283 g/mol. The van der Waals surface area contributed by atoms with Gasteiger partial charge in [0.15, 0.2) is 0 Å². The second-order valence-corrected chi connectivity index (χ2v) is 5.99. The summed E-state index contributed by atoms with van der Waals surface area (Å²) < 4.78 is 5.18. The van der Waals surface area contributed by atoms with Crippen LogP contribution in [0.3, 0.4) is 0 Å². The zero-order valence-corrected chi connectivity index (χ0v) is 13.2. The molecule has 4 heteroatoms. The van der Waals surface area contributed by atoms with Crippen LogP contribution in [0.25, 0.3) is 0 Å². The molecule has 0 aromatic heterocycles. The number of likely N-dealkylation sites (tertiary alicyclic amines) is 1. The topological polar surface area (TPSA) is 46.6 Å². The van der Waals surface area contributed by atoms with Crippen molar-refractivity contribution in [2.45, 2.75) is 71.8 Å². The van der Waals surface area contributed by atoms with Gasteiger partial charge < -0.3 is 9.64 Å². The number of esters is 1. The minimum Gasteiger partial charge on any atom is -0.463 e. The monoisotopic (exact) mass is 283 g/mol. The molecule has 0 aromatic carbocycles. The van der Waals surface area contributed by atoms with Crippen molar-refractivity contribution in [2.75, 3.05) is 13.1 Å². The van der Waals surface area contributed by atoms with Gasteiger partial charge in [-0.05, 0) is 20.3 Å². The second kappa shape index (κ2) is 8.98. The fourth-order valence-corrected chi connectivity index (χ4v) is 2.56. The highest BCUT2D eigenvalue weighted by molar-refractivity contribution is 5.86. The Morgan fingerprint density at radius 1 is 1.25 bits per heavy atom.